The number of benzene rings is 2. The minimum absolute atomic E-state index is 0.0952. The van der Waals surface area contributed by atoms with Crippen LogP contribution in [-0.2, 0) is 22.2 Å². The van der Waals surface area contributed by atoms with Gasteiger partial charge in [-0.3, -0.25) is 14.2 Å². The largest absolute Gasteiger partial charge is 0.493 e. The van der Waals surface area contributed by atoms with Gasteiger partial charge in [0.2, 0.25) is 0 Å². The summed E-state index contributed by atoms with van der Waals surface area (Å²) in [5.41, 5.74) is -0.612. The molecule has 7 nitrogen and oxygen atoms in total. The van der Waals surface area contributed by atoms with Crippen LogP contribution in [0.1, 0.15) is 64.7 Å². The Balaban J connectivity index is 1.42. The van der Waals surface area contributed by atoms with Crippen LogP contribution in [0.3, 0.4) is 0 Å². The third kappa shape index (κ3) is 6.99. The zero-order chi connectivity index (χ0) is 29.2. The van der Waals surface area contributed by atoms with Crippen molar-refractivity contribution in [3.8, 4) is 5.75 Å². The van der Waals surface area contributed by atoms with Crippen molar-refractivity contribution in [1.29, 1.82) is 0 Å². The molecule has 0 spiro atoms. The summed E-state index contributed by atoms with van der Waals surface area (Å²) in [6.45, 7) is 1.51. The molecule has 4 rings (SSSR count). The quantitative estimate of drug-likeness (QED) is 0.289. The first-order valence-corrected chi connectivity index (χ1v) is 13.9. The van der Waals surface area contributed by atoms with Crippen LogP contribution < -0.4 is 4.74 Å². The number of halogens is 5. The van der Waals surface area contributed by atoms with Gasteiger partial charge in [-0.25, -0.2) is 17.3 Å². The molecular weight excluding hydrogens is 559 g/mol. The minimum atomic E-state index is -4.81. The molecule has 0 bridgehead atoms. The number of likely N-dealkylation sites (tertiary alicyclic amines) is 1. The molecule has 1 heterocycles. The van der Waals surface area contributed by atoms with Crippen molar-refractivity contribution in [2.45, 2.75) is 43.8 Å². The maximum atomic E-state index is 14.8. The van der Waals surface area contributed by atoms with E-state index in [1.54, 1.807) is 0 Å². The Hall–Kier alpha value is -2.61. The topological polar surface area (TPSA) is 79.3 Å². The number of methoxy groups -OCH3 is 1. The number of alkyl halides is 3. The van der Waals surface area contributed by atoms with Gasteiger partial charge in [0, 0.05) is 20.2 Å². The molecule has 1 amide bonds. The van der Waals surface area contributed by atoms with Crippen LogP contribution in [0.15, 0.2) is 30.3 Å². The number of ether oxygens (including phenoxy) is 2. The van der Waals surface area contributed by atoms with Crippen molar-refractivity contribution >= 4 is 17.2 Å². The van der Waals surface area contributed by atoms with Gasteiger partial charge in [-0.2, -0.15) is 13.2 Å². The first kappa shape index (κ1) is 30.4. The number of carbonyl (C=O) groups is 1. The van der Waals surface area contributed by atoms with Gasteiger partial charge in [0.15, 0.2) is 0 Å². The van der Waals surface area contributed by atoms with Crippen molar-refractivity contribution < 1.29 is 45.0 Å². The molecule has 2 aliphatic rings. The van der Waals surface area contributed by atoms with Crippen LogP contribution in [0.2, 0.25) is 0 Å². The second kappa shape index (κ2) is 12.5. The maximum absolute atomic E-state index is 14.8. The van der Waals surface area contributed by atoms with Gasteiger partial charge in [0.25, 0.3) is 17.2 Å². The monoisotopic (exact) mass is 590 g/mol. The number of hydrogen-bond acceptors (Lipinski definition) is 5. The summed E-state index contributed by atoms with van der Waals surface area (Å²) >= 11 is -2.58. The second-order valence-corrected chi connectivity index (χ2v) is 11.2. The van der Waals surface area contributed by atoms with Crippen molar-refractivity contribution in [3.05, 3.63) is 64.2 Å². The fourth-order valence-electron chi connectivity index (χ4n) is 4.99. The first-order valence-electron chi connectivity index (χ1n) is 12.9. The third-order valence-electron chi connectivity index (χ3n) is 7.44. The number of hydrogen-bond donors (Lipinski definition) is 1. The average molecular weight is 591 g/mol. The number of nitrogens with zero attached hydrogens (tertiary/aromatic N) is 2. The van der Waals surface area contributed by atoms with E-state index in [-0.39, 0.29) is 30.6 Å². The minimum Gasteiger partial charge on any atom is -0.493 e. The molecule has 1 aliphatic heterocycles. The Bertz CT molecular complexity index is 1250. The highest BCUT2D eigenvalue weighted by Gasteiger charge is 2.36. The fourth-order valence-corrected chi connectivity index (χ4v) is 5.23. The Kier molecular flexibility index (Phi) is 9.48. The second-order valence-electron chi connectivity index (χ2n) is 10.2. The molecule has 1 N–H and O–H groups in total. The Morgan fingerprint density at radius 3 is 2.38 bits per heavy atom. The predicted molar refractivity (Wildman–Crippen MR) is 137 cm³/mol. The summed E-state index contributed by atoms with van der Waals surface area (Å²) in [6, 6.07) is 5.07. The van der Waals surface area contributed by atoms with Gasteiger partial charge in [0.05, 0.1) is 30.4 Å². The summed E-state index contributed by atoms with van der Waals surface area (Å²) in [4.78, 5) is 14.4. The summed E-state index contributed by atoms with van der Waals surface area (Å²) < 4.78 is 101. The van der Waals surface area contributed by atoms with Gasteiger partial charge in [-0.15, -0.1) is 0 Å². The lowest BCUT2D eigenvalue weighted by molar-refractivity contribution is -0.140. The van der Waals surface area contributed by atoms with Gasteiger partial charge >= 0.3 is 6.18 Å². The van der Waals surface area contributed by atoms with E-state index in [0.29, 0.717) is 47.1 Å². The molecule has 2 aromatic carbocycles. The molecule has 2 aromatic rings. The SMILES string of the molecule is COC[C@H](c1ccc(F)c(C(F)(F)F)c1)N1CCC(COc2cc(F)c(C(=O)N(C)S(=O)O)cc2C2CC2)CC1. The number of carbonyl (C=O) groups excluding carboxylic acids is 1. The normalized spacial score (nSPS) is 18.4. The molecule has 0 aromatic heterocycles. The van der Waals surface area contributed by atoms with Gasteiger partial charge in [-0.05, 0) is 79.9 Å². The van der Waals surface area contributed by atoms with Crippen LogP contribution in [0, 0.1) is 17.6 Å². The number of rotatable bonds is 10. The van der Waals surface area contributed by atoms with Crippen LogP contribution in [0.25, 0.3) is 0 Å². The van der Waals surface area contributed by atoms with Crippen LogP contribution in [0.5, 0.6) is 5.75 Å². The highest BCUT2D eigenvalue weighted by molar-refractivity contribution is 7.77. The Labute approximate surface area is 231 Å². The standard InChI is InChI=1S/C27H31F5N2O5S/c1-33(40(36)37)26(35)20-12-19(17-3-4-17)25(13-23(20)29)39-14-16-7-9-34(10-8-16)24(15-38-2)18-5-6-22(28)21(11-18)27(30,31)32/h5-6,11-13,16-17,24H,3-4,7-10,14-15H2,1-2H3,(H,36,37)/t24-/m1/s1. The highest BCUT2D eigenvalue weighted by Crippen LogP contribution is 2.45. The van der Waals surface area contributed by atoms with Crippen molar-refractivity contribution in [2.75, 3.05) is 40.5 Å². The van der Waals surface area contributed by atoms with E-state index >= 15 is 0 Å². The average Bonchev–Trinajstić information content (AvgIpc) is 3.75. The molecule has 40 heavy (non-hydrogen) atoms. The lowest BCUT2D eigenvalue weighted by Gasteiger charge is -2.37. The first-order chi connectivity index (χ1) is 18.9. The van der Waals surface area contributed by atoms with E-state index in [0.717, 1.165) is 38.1 Å². The van der Waals surface area contributed by atoms with Crippen molar-refractivity contribution in [2.24, 2.45) is 5.92 Å². The predicted octanol–water partition coefficient (Wildman–Crippen LogP) is 5.55. The smallest absolute Gasteiger partial charge is 0.419 e. The van der Waals surface area contributed by atoms with Crippen LogP contribution >= 0.6 is 0 Å². The van der Waals surface area contributed by atoms with E-state index in [1.807, 2.05) is 4.90 Å². The Morgan fingerprint density at radius 1 is 1.12 bits per heavy atom. The summed E-state index contributed by atoms with van der Waals surface area (Å²) in [6.07, 6.45) is -1.76. The number of piperidine rings is 1. The van der Waals surface area contributed by atoms with Crippen molar-refractivity contribution in [3.63, 3.8) is 0 Å². The van der Waals surface area contributed by atoms with Crippen molar-refractivity contribution in [1.82, 2.24) is 9.21 Å². The molecule has 2 atom stereocenters. The van der Waals surface area contributed by atoms with E-state index in [2.05, 4.69) is 0 Å². The molecule has 13 heteroatoms. The highest BCUT2D eigenvalue weighted by atomic mass is 32.2. The number of amides is 1. The van der Waals surface area contributed by atoms with Crippen LogP contribution in [0.4, 0.5) is 22.0 Å². The molecule has 0 radical (unpaired) electrons. The lowest BCUT2D eigenvalue weighted by Crippen LogP contribution is -2.40. The van der Waals surface area contributed by atoms with Gasteiger partial charge in [0.1, 0.15) is 17.4 Å². The van der Waals surface area contributed by atoms with Gasteiger partial charge in [-0.1, -0.05) is 6.07 Å². The lowest BCUT2D eigenvalue weighted by atomic mass is 9.94. The Morgan fingerprint density at radius 2 is 1.80 bits per heavy atom. The summed E-state index contributed by atoms with van der Waals surface area (Å²) in [7, 11) is 2.56. The maximum Gasteiger partial charge on any atom is 0.419 e. The molecule has 1 unspecified atom stereocenters. The zero-order valence-electron chi connectivity index (χ0n) is 22.0. The molecule has 220 valence electrons. The third-order valence-corrected chi connectivity index (χ3v) is 8.07. The van der Waals surface area contributed by atoms with E-state index in [1.165, 1.54) is 19.2 Å². The molecule has 1 aliphatic carbocycles. The molecule has 2 fully saturated rings. The summed E-state index contributed by atoms with van der Waals surface area (Å²) in [5, 5.41) is 0. The molecular formula is C27H31F5N2O5S. The van der Waals surface area contributed by atoms with E-state index in [4.69, 9.17) is 9.47 Å². The van der Waals surface area contributed by atoms with Crippen LogP contribution in [-0.4, -0.2) is 64.3 Å². The molecule has 1 saturated carbocycles. The summed E-state index contributed by atoms with van der Waals surface area (Å²) in [5.74, 6) is -2.54. The van der Waals surface area contributed by atoms with E-state index < -0.39 is 46.6 Å². The van der Waals surface area contributed by atoms with Gasteiger partial charge < -0.3 is 9.47 Å². The zero-order valence-corrected chi connectivity index (χ0v) is 22.9. The fraction of sp³-hybridized carbons (Fsp3) is 0.519. The molecule has 1 saturated heterocycles. The van der Waals surface area contributed by atoms with E-state index in [9.17, 15) is 35.5 Å².